The van der Waals surface area contributed by atoms with Crippen LogP contribution in [0.1, 0.15) is 38.2 Å². The van der Waals surface area contributed by atoms with Crippen LogP contribution in [0.3, 0.4) is 0 Å². The Bertz CT molecular complexity index is 538. The second kappa shape index (κ2) is 7.64. The summed E-state index contributed by atoms with van der Waals surface area (Å²) in [5, 5.41) is 0. The highest BCUT2D eigenvalue weighted by Crippen LogP contribution is 2.31. The van der Waals surface area contributed by atoms with E-state index >= 15 is 0 Å². The quantitative estimate of drug-likeness (QED) is 0.359. The standard InChI is InChI=1S/C14H15ClO6/c1-8(16)19-13-5-4-11(7-15)6-12(13)14(20-9(2)17)21-10(3)18/h4-6,14H,7H2,1-3H3. The molecule has 0 heterocycles. The van der Waals surface area contributed by atoms with Crippen LogP contribution in [0, 0.1) is 0 Å². The average Bonchev–Trinajstić information content (AvgIpc) is 2.36. The first-order valence-electron chi connectivity index (χ1n) is 6.05. The minimum Gasteiger partial charge on any atom is -0.426 e. The summed E-state index contributed by atoms with van der Waals surface area (Å²) in [4.78, 5) is 33.4. The number of halogens is 1. The van der Waals surface area contributed by atoms with Crippen LogP contribution in [0.5, 0.6) is 5.75 Å². The van der Waals surface area contributed by atoms with Crippen molar-refractivity contribution < 1.29 is 28.6 Å². The molecule has 114 valence electrons. The highest BCUT2D eigenvalue weighted by atomic mass is 35.5. The summed E-state index contributed by atoms with van der Waals surface area (Å²) >= 11 is 5.75. The summed E-state index contributed by atoms with van der Waals surface area (Å²) in [5.74, 6) is -1.53. The van der Waals surface area contributed by atoms with Gasteiger partial charge in [0.25, 0.3) is 6.29 Å². The summed E-state index contributed by atoms with van der Waals surface area (Å²) in [6, 6.07) is 4.68. The summed E-state index contributed by atoms with van der Waals surface area (Å²) in [6.07, 6.45) is -1.31. The van der Waals surface area contributed by atoms with Crippen molar-refractivity contribution in [1.82, 2.24) is 0 Å². The van der Waals surface area contributed by atoms with Gasteiger partial charge in [-0.15, -0.1) is 11.6 Å². The molecule has 0 atom stereocenters. The topological polar surface area (TPSA) is 78.9 Å². The highest BCUT2D eigenvalue weighted by Gasteiger charge is 2.23. The molecular weight excluding hydrogens is 300 g/mol. The first kappa shape index (κ1) is 17.0. The van der Waals surface area contributed by atoms with Gasteiger partial charge in [0, 0.05) is 26.7 Å². The lowest BCUT2D eigenvalue weighted by Crippen LogP contribution is -2.17. The molecule has 0 saturated carbocycles. The normalized spacial score (nSPS) is 10.1. The number of alkyl halides is 1. The van der Waals surface area contributed by atoms with Crippen LogP contribution in [-0.4, -0.2) is 17.9 Å². The molecule has 0 aliphatic heterocycles. The largest absolute Gasteiger partial charge is 0.426 e. The third kappa shape index (κ3) is 5.43. The van der Waals surface area contributed by atoms with E-state index < -0.39 is 24.2 Å². The summed E-state index contributed by atoms with van der Waals surface area (Å²) in [5.41, 5.74) is 0.917. The molecule has 0 radical (unpaired) electrons. The fraction of sp³-hybridized carbons (Fsp3) is 0.357. The second-order valence-corrected chi connectivity index (χ2v) is 4.42. The second-order valence-electron chi connectivity index (χ2n) is 4.15. The van der Waals surface area contributed by atoms with Gasteiger partial charge >= 0.3 is 17.9 Å². The van der Waals surface area contributed by atoms with Gasteiger partial charge in [0.15, 0.2) is 0 Å². The number of carbonyl (C=O) groups is 3. The maximum absolute atomic E-state index is 11.1. The number of carbonyl (C=O) groups excluding carboxylic acids is 3. The number of esters is 3. The molecule has 6 nitrogen and oxygen atoms in total. The Morgan fingerprint density at radius 1 is 1.05 bits per heavy atom. The zero-order chi connectivity index (χ0) is 16.0. The van der Waals surface area contributed by atoms with E-state index in [1.165, 1.54) is 26.8 Å². The molecular formula is C14H15ClO6. The van der Waals surface area contributed by atoms with E-state index in [0.717, 1.165) is 0 Å². The van der Waals surface area contributed by atoms with Crippen LogP contribution in [0.2, 0.25) is 0 Å². The van der Waals surface area contributed by atoms with Crippen molar-refractivity contribution in [2.24, 2.45) is 0 Å². The molecule has 7 heteroatoms. The van der Waals surface area contributed by atoms with Gasteiger partial charge in [0.2, 0.25) is 0 Å². The van der Waals surface area contributed by atoms with Crippen molar-refractivity contribution in [3.05, 3.63) is 29.3 Å². The van der Waals surface area contributed by atoms with E-state index in [2.05, 4.69) is 0 Å². The van der Waals surface area contributed by atoms with Gasteiger partial charge in [-0.3, -0.25) is 14.4 Å². The van der Waals surface area contributed by atoms with E-state index in [-0.39, 0.29) is 17.2 Å². The predicted molar refractivity (Wildman–Crippen MR) is 73.6 cm³/mol. The highest BCUT2D eigenvalue weighted by molar-refractivity contribution is 6.17. The summed E-state index contributed by atoms with van der Waals surface area (Å²) in [6.45, 7) is 3.58. The monoisotopic (exact) mass is 314 g/mol. The minimum atomic E-state index is -1.31. The average molecular weight is 315 g/mol. The smallest absolute Gasteiger partial charge is 0.308 e. The lowest BCUT2D eigenvalue weighted by molar-refractivity contribution is -0.186. The predicted octanol–water partition coefficient (Wildman–Crippen LogP) is 2.48. The summed E-state index contributed by atoms with van der Waals surface area (Å²) < 4.78 is 14.9. The summed E-state index contributed by atoms with van der Waals surface area (Å²) in [7, 11) is 0. The van der Waals surface area contributed by atoms with Crippen LogP contribution in [0.4, 0.5) is 0 Å². The van der Waals surface area contributed by atoms with E-state index in [0.29, 0.717) is 5.56 Å². The molecule has 0 amide bonds. The van der Waals surface area contributed by atoms with Crippen molar-refractivity contribution >= 4 is 29.5 Å². The molecule has 0 aromatic heterocycles. The molecule has 0 spiro atoms. The van der Waals surface area contributed by atoms with E-state index in [1.807, 2.05) is 0 Å². The van der Waals surface area contributed by atoms with Gasteiger partial charge in [-0.1, -0.05) is 6.07 Å². The number of hydrogen-bond acceptors (Lipinski definition) is 6. The van der Waals surface area contributed by atoms with Gasteiger partial charge in [-0.05, 0) is 17.7 Å². The van der Waals surface area contributed by atoms with Gasteiger partial charge in [0.1, 0.15) is 5.75 Å². The number of benzene rings is 1. The fourth-order valence-electron chi connectivity index (χ4n) is 1.57. The first-order valence-corrected chi connectivity index (χ1v) is 6.58. The Labute approximate surface area is 126 Å². The zero-order valence-electron chi connectivity index (χ0n) is 11.8. The van der Waals surface area contributed by atoms with Crippen molar-refractivity contribution in [2.45, 2.75) is 32.9 Å². The van der Waals surface area contributed by atoms with Gasteiger partial charge in [-0.2, -0.15) is 0 Å². The lowest BCUT2D eigenvalue weighted by Gasteiger charge is -2.19. The number of rotatable bonds is 5. The lowest BCUT2D eigenvalue weighted by atomic mass is 10.1. The van der Waals surface area contributed by atoms with Gasteiger partial charge < -0.3 is 14.2 Å². The minimum absolute atomic E-state index is 0.129. The molecule has 1 rings (SSSR count). The number of ether oxygens (including phenoxy) is 3. The van der Waals surface area contributed by atoms with Crippen molar-refractivity contribution in [1.29, 1.82) is 0 Å². The molecule has 1 aromatic carbocycles. The molecule has 0 aliphatic carbocycles. The van der Waals surface area contributed by atoms with E-state index in [1.54, 1.807) is 12.1 Å². The molecule has 1 aromatic rings. The maximum Gasteiger partial charge on any atom is 0.308 e. The molecule has 0 bridgehead atoms. The van der Waals surface area contributed by atoms with Crippen LogP contribution in [-0.2, 0) is 29.7 Å². The van der Waals surface area contributed by atoms with Crippen LogP contribution >= 0.6 is 11.6 Å². The van der Waals surface area contributed by atoms with E-state index in [9.17, 15) is 14.4 Å². The van der Waals surface area contributed by atoms with Crippen LogP contribution in [0.15, 0.2) is 18.2 Å². The maximum atomic E-state index is 11.1. The molecule has 0 saturated heterocycles. The molecule has 0 unspecified atom stereocenters. The van der Waals surface area contributed by atoms with Crippen LogP contribution in [0.25, 0.3) is 0 Å². The van der Waals surface area contributed by atoms with E-state index in [4.69, 9.17) is 25.8 Å². The van der Waals surface area contributed by atoms with Crippen molar-refractivity contribution in [3.8, 4) is 5.75 Å². The zero-order valence-corrected chi connectivity index (χ0v) is 12.6. The van der Waals surface area contributed by atoms with Crippen molar-refractivity contribution in [3.63, 3.8) is 0 Å². The Balaban J connectivity index is 3.26. The van der Waals surface area contributed by atoms with Crippen molar-refractivity contribution in [2.75, 3.05) is 0 Å². The number of hydrogen-bond donors (Lipinski definition) is 0. The van der Waals surface area contributed by atoms with Crippen LogP contribution < -0.4 is 4.74 Å². The SMILES string of the molecule is CC(=O)Oc1ccc(CCl)cc1C(OC(C)=O)OC(C)=O. The van der Waals surface area contributed by atoms with Gasteiger partial charge in [-0.25, -0.2) is 0 Å². The third-order valence-corrected chi connectivity index (χ3v) is 2.59. The third-order valence-electron chi connectivity index (χ3n) is 2.28. The van der Waals surface area contributed by atoms with Gasteiger partial charge in [0.05, 0.1) is 5.56 Å². The molecule has 0 N–H and O–H groups in total. The first-order chi connectivity index (χ1) is 9.83. The Morgan fingerprint density at radius 3 is 2.05 bits per heavy atom. The Morgan fingerprint density at radius 2 is 1.62 bits per heavy atom. The fourth-order valence-corrected chi connectivity index (χ4v) is 1.73. The Kier molecular flexibility index (Phi) is 6.17. The molecule has 0 fully saturated rings. The Hall–Kier alpha value is -2.08. The molecule has 0 aliphatic rings. The molecule has 21 heavy (non-hydrogen) atoms.